The van der Waals surface area contributed by atoms with Gasteiger partial charge in [-0.25, -0.2) is 9.97 Å². The topological polar surface area (TPSA) is 46.0 Å². The van der Waals surface area contributed by atoms with Gasteiger partial charge in [-0.3, -0.25) is 0 Å². The highest BCUT2D eigenvalue weighted by atomic mass is 127. The number of nitrogens with zero attached hydrogens (tertiary/aromatic N) is 2. The fraction of sp³-hybridized carbons (Fsp3) is 0.0909. The van der Waals surface area contributed by atoms with E-state index in [2.05, 4.69) is 32.6 Å². The average Bonchev–Trinajstić information content (AvgIpc) is 2.30. The molecule has 0 amide bonds. The van der Waals surface area contributed by atoms with Gasteiger partial charge in [-0.1, -0.05) is 18.2 Å². The summed E-state index contributed by atoms with van der Waals surface area (Å²) in [5.74, 6) is 0.659. The van der Waals surface area contributed by atoms with E-state index in [1.54, 1.807) is 12.3 Å². The third kappa shape index (κ3) is 2.32. The van der Waals surface area contributed by atoms with E-state index in [4.69, 9.17) is 5.11 Å². The van der Waals surface area contributed by atoms with Gasteiger partial charge < -0.3 is 5.11 Å². The maximum absolute atomic E-state index is 8.99. The number of hydrogen-bond donors (Lipinski definition) is 1. The van der Waals surface area contributed by atoms with Gasteiger partial charge in [0.1, 0.15) is 0 Å². The van der Waals surface area contributed by atoms with Gasteiger partial charge in [0.15, 0.2) is 5.82 Å². The molecule has 2 aromatic rings. The van der Waals surface area contributed by atoms with Gasteiger partial charge in [-0.2, -0.15) is 0 Å². The van der Waals surface area contributed by atoms with Crippen LogP contribution in [0.3, 0.4) is 0 Å². The molecular weight excluding hydrogens is 303 g/mol. The van der Waals surface area contributed by atoms with Gasteiger partial charge in [0.25, 0.3) is 0 Å². The molecule has 0 bridgehead atoms. The van der Waals surface area contributed by atoms with Gasteiger partial charge in [0.2, 0.25) is 0 Å². The van der Waals surface area contributed by atoms with Crippen LogP contribution in [0.1, 0.15) is 5.69 Å². The lowest BCUT2D eigenvalue weighted by Gasteiger charge is -2.03. The maximum atomic E-state index is 8.99. The number of hydrogen-bond acceptors (Lipinski definition) is 3. The van der Waals surface area contributed by atoms with Crippen molar-refractivity contribution in [1.82, 2.24) is 9.97 Å². The smallest absolute Gasteiger partial charge is 0.160 e. The SMILES string of the molecule is OCc1ccnc(-c2ccccc2I)n1. The Kier molecular flexibility index (Phi) is 3.27. The Bertz CT molecular complexity index is 474. The van der Waals surface area contributed by atoms with Crippen molar-refractivity contribution in [3.63, 3.8) is 0 Å². The summed E-state index contributed by atoms with van der Waals surface area (Å²) < 4.78 is 1.10. The molecule has 0 unspecified atom stereocenters. The Labute approximate surface area is 101 Å². The van der Waals surface area contributed by atoms with Gasteiger partial charge in [0.05, 0.1) is 12.3 Å². The Morgan fingerprint density at radius 2 is 2.00 bits per heavy atom. The minimum atomic E-state index is -0.0566. The Morgan fingerprint density at radius 1 is 1.20 bits per heavy atom. The average molecular weight is 312 g/mol. The van der Waals surface area contributed by atoms with Crippen molar-refractivity contribution >= 4 is 22.6 Å². The van der Waals surface area contributed by atoms with Crippen LogP contribution in [-0.4, -0.2) is 15.1 Å². The summed E-state index contributed by atoms with van der Waals surface area (Å²) in [6.07, 6.45) is 1.66. The minimum Gasteiger partial charge on any atom is -0.390 e. The Morgan fingerprint density at radius 3 is 2.73 bits per heavy atom. The van der Waals surface area contributed by atoms with Gasteiger partial charge in [-0.15, -0.1) is 0 Å². The second kappa shape index (κ2) is 4.67. The summed E-state index contributed by atoms with van der Waals surface area (Å²) in [5, 5.41) is 8.99. The predicted octanol–water partition coefficient (Wildman–Crippen LogP) is 2.24. The van der Waals surface area contributed by atoms with E-state index in [1.807, 2.05) is 24.3 Å². The number of halogens is 1. The van der Waals surface area contributed by atoms with E-state index < -0.39 is 0 Å². The largest absolute Gasteiger partial charge is 0.390 e. The van der Waals surface area contributed by atoms with Crippen LogP contribution in [0.4, 0.5) is 0 Å². The molecule has 1 heterocycles. The molecule has 0 aliphatic rings. The zero-order valence-electron chi connectivity index (χ0n) is 7.89. The monoisotopic (exact) mass is 312 g/mol. The molecule has 0 aliphatic carbocycles. The number of rotatable bonds is 2. The first-order valence-electron chi connectivity index (χ1n) is 4.49. The third-order valence-electron chi connectivity index (χ3n) is 1.99. The van der Waals surface area contributed by atoms with Crippen LogP contribution in [-0.2, 0) is 6.61 Å². The van der Waals surface area contributed by atoms with Gasteiger partial charge >= 0.3 is 0 Å². The van der Waals surface area contributed by atoms with Crippen molar-refractivity contribution in [3.05, 3.63) is 45.8 Å². The molecule has 0 fully saturated rings. The summed E-state index contributed by atoms with van der Waals surface area (Å²) in [4.78, 5) is 8.45. The zero-order chi connectivity index (χ0) is 10.7. The summed E-state index contributed by atoms with van der Waals surface area (Å²) in [7, 11) is 0. The van der Waals surface area contributed by atoms with Crippen LogP contribution < -0.4 is 0 Å². The molecule has 0 spiro atoms. The fourth-order valence-electron chi connectivity index (χ4n) is 1.26. The van der Waals surface area contributed by atoms with Crippen LogP contribution in [0.15, 0.2) is 36.5 Å². The first kappa shape index (κ1) is 10.5. The molecule has 0 aliphatic heterocycles. The van der Waals surface area contributed by atoms with E-state index in [0.717, 1.165) is 9.13 Å². The molecule has 3 nitrogen and oxygen atoms in total. The molecule has 0 saturated heterocycles. The number of aliphatic hydroxyl groups is 1. The molecular formula is C11H9IN2O. The molecule has 0 saturated carbocycles. The highest BCUT2D eigenvalue weighted by Gasteiger charge is 2.05. The van der Waals surface area contributed by atoms with Crippen LogP contribution in [0.25, 0.3) is 11.4 Å². The third-order valence-corrected chi connectivity index (χ3v) is 2.93. The molecule has 1 N–H and O–H groups in total. The van der Waals surface area contributed by atoms with E-state index in [1.165, 1.54) is 0 Å². The Hall–Kier alpha value is -1.01. The molecule has 4 heteroatoms. The minimum absolute atomic E-state index is 0.0566. The first-order chi connectivity index (χ1) is 7.31. The molecule has 2 rings (SSSR count). The molecule has 1 aromatic carbocycles. The highest BCUT2D eigenvalue weighted by molar-refractivity contribution is 14.1. The van der Waals surface area contributed by atoms with Crippen LogP contribution in [0, 0.1) is 3.57 Å². The molecule has 76 valence electrons. The zero-order valence-corrected chi connectivity index (χ0v) is 10.0. The van der Waals surface area contributed by atoms with Gasteiger partial charge in [0, 0.05) is 15.3 Å². The maximum Gasteiger partial charge on any atom is 0.160 e. The van der Waals surface area contributed by atoms with Crippen molar-refractivity contribution in [3.8, 4) is 11.4 Å². The number of aromatic nitrogens is 2. The number of aliphatic hydroxyl groups excluding tert-OH is 1. The lowest BCUT2D eigenvalue weighted by Crippen LogP contribution is -1.95. The summed E-state index contributed by atoms with van der Waals surface area (Å²) in [6.45, 7) is -0.0566. The summed E-state index contributed by atoms with van der Waals surface area (Å²) in [6, 6.07) is 9.61. The predicted molar refractivity (Wildman–Crippen MR) is 66.1 cm³/mol. The van der Waals surface area contributed by atoms with E-state index in [0.29, 0.717) is 11.5 Å². The summed E-state index contributed by atoms with van der Waals surface area (Å²) >= 11 is 2.25. The molecule has 0 atom stereocenters. The summed E-state index contributed by atoms with van der Waals surface area (Å²) in [5.41, 5.74) is 1.63. The van der Waals surface area contributed by atoms with Crippen LogP contribution in [0.5, 0.6) is 0 Å². The van der Waals surface area contributed by atoms with Crippen LogP contribution >= 0.6 is 22.6 Å². The molecule has 1 aromatic heterocycles. The van der Waals surface area contributed by atoms with E-state index in [-0.39, 0.29) is 6.61 Å². The second-order valence-electron chi connectivity index (χ2n) is 3.01. The van der Waals surface area contributed by atoms with Crippen molar-refractivity contribution in [2.45, 2.75) is 6.61 Å². The standard InChI is InChI=1S/C11H9IN2O/c12-10-4-2-1-3-9(10)11-13-6-5-8(7-15)14-11/h1-6,15H,7H2. The van der Waals surface area contributed by atoms with Gasteiger partial charge in [-0.05, 0) is 34.7 Å². The van der Waals surface area contributed by atoms with E-state index >= 15 is 0 Å². The van der Waals surface area contributed by atoms with E-state index in [9.17, 15) is 0 Å². The second-order valence-corrected chi connectivity index (χ2v) is 4.17. The Balaban J connectivity index is 2.49. The quantitative estimate of drug-likeness (QED) is 0.865. The van der Waals surface area contributed by atoms with Crippen molar-refractivity contribution in [1.29, 1.82) is 0 Å². The van der Waals surface area contributed by atoms with Crippen LogP contribution in [0.2, 0.25) is 0 Å². The normalized spacial score (nSPS) is 10.3. The van der Waals surface area contributed by atoms with Crippen molar-refractivity contribution in [2.24, 2.45) is 0 Å². The first-order valence-corrected chi connectivity index (χ1v) is 5.57. The highest BCUT2D eigenvalue weighted by Crippen LogP contribution is 2.21. The number of benzene rings is 1. The van der Waals surface area contributed by atoms with Crippen molar-refractivity contribution < 1.29 is 5.11 Å². The van der Waals surface area contributed by atoms with Crippen molar-refractivity contribution in [2.75, 3.05) is 0 Å². The lowest BCUT2D eigenvalue weighted by atomic mass is 10.2. The lowest BCUT2D eigenvalue weighted by molar-refractivity contribution is 0.277. The fourth-order valence-corrected chi connectivity index (χ4v) is 1.89. The molecule has 15 heavy (non-hydrogen) atoms. The molecule has 0 radical (unpaired) electrons.